The number of hydrogen-bond acceptors (Lipinski definition) is 2. The lowest BCUT2D eigenvalue weighted by atomic mass is 9.77. The van der Waals surface area contributed by atoms with Crippen molar-refractivity contribution in [3.8, 4) is 0 Å². The number of hydrogen-bond donors (Lipinski definition) is 2. The third-order valence-corrected chi connectivity index (χ3v) is 4.47. The number of nitrogens with one attached hydrogen (secondary N) is 1. The summed E-state index contributed by atoms with van der Waals surface area (Å²) in [6.45, 7) is 9.06. The van der Waals surface area contributed by atoms with E-state index in [4.69, 9.17) is 5.73 Å². The fraction of sp³-hybridized carbons (Fsp3) is 0.611. The Balaban J connectivity index is 1.98. The van der Waals surface area contributed by atoms with Crippen LogP contribution in [-0.2, 0) is 6.42 Å². The minimum Gasteiger partial charge on any atom is -0.338 e. The van der Waals surface area contributed by atoms with Crippen molar-refractivity contribution in [1.82, 2.24) is 10.2 Å². The van der Waals surface area contributed by atoms with Gasteiger partial charge in [-0.3, -0.25) is 0 Å². The molecular formula is C18H29N3O. The van der Waals surface area contributed by atoms with Crippen molar-refractivity contribution < 1.29 is 4.79 Å². The molecule has 1 fully saturated rings. The van der Waals surface area contributed by atoms with Crippen LogP contribution in [-0.4, -0.2) is 34.6 Å². The van der Waals surface area contributed by atoms with E-state index >= 15 is 0 Å². The predicted molar refractivity (Wildman–Crippen MR) is 90.8 cm³/mol. The molecule has 2 rings (SSSR count). The quantitative estimate of drug-likeness (QED) is 0.902. The third kappa shape index (κ3) is 3.80. The first kappa shape index (κ1) is 16.8. The van der Waals surface area contributed by atoms with E-state index in [1.54, 1.807) is 0 Å². The van der Waals surface area contributed by atoms with Crippen molar-refractivity contribution in [2.45, 2.75) is 64.1 Å². The highest BCUT2D eigenvalue weighted by molar-refractivity contribution is 5.76. The van der Waals surface area contributed by atoms with Gasteiger partial charge in [0, 0.05) is 23.7 Å². The maximum absolute atomic E-state index is 12.7. The van der Waals surface area contributed by atoms with Gasteiger partial charge in [-0.1, -0.05) is 30.3 Å². The summed E-state index contributed by atoms with van der Waals surface area (Å²) in [4.78, 5) is 14.7. The zero-order chi connectivity index (χ0) is 16.4. The molecule has 1 heterocycles. The Labute approximate surface area is 134 Å². The van der Waals surface area contributed by atoms with Gasteiger partial charge in [-0.2, -0.15) is 0 Å². The number of piperidine rings is 1. The van der Waals surface area contributed by atoms with E-state index in [2.05, 4.69) is 45.1 Å². The summed E-state index contributed by atoms with van der Waals surface area (Å²) >= 11 is 0. The van der Waals surface area contributed by atoms with Gasteiger partial charge >= 0.3 is 6.03 Å². The Morgan fingerprint density at radius 2 is 1.73 bits per heavy atom. The number of amides is 2. The van der Waals surface area contributed by atoms with Crippen LogP contribution in [0.1, 0.15) is 46.1 Å². The van der Waals surface area contributed by atoms with Crippen LogP contribution in [0.3, 0.4) is 0 Å². The Bertz CT molecular complexity index is 492. The summed E-state index contributed by atoms with van der Waals surface area (Å²) in [6.07, 6.45) is 2.52. The first-order chi connectivity index (χ1) is 10.2. The Morgan fingerprint density at radius 1 is 1.18 bits per heavy atom. The average molecular weight is 303 g/mol. The van der Waals surface area contributed by atoms with Crippen molar-refractivity contribution in [2.24, 2.45) is 5.73 Å². The summed E-state index contributed by atoms with van der Waals surface area (Å²) in [5.74, 6) is 0. The monoisotopic (exact) mass is 303 g/mol. The number of urea groups is 1. The number of carbonyl (C=O) groups is 1. The summed E-state index contributed by atoms with van der Waals surface area (Å²) in [5, 5.41) is 3.07. The topological polar surface area (TPSA) is 58.4 Å². The first-order valence-electron chi connectivity index (χ1n) is 8.10. The molecule has 1 aromatic rings. The van der Waals surface area contributed by atoms with Gasteiger partial charge in [0.05, 0.1) is 0 Å². The zero-order valence-electron chi connectivity index (χ0n) is 14.2. The number of rotatable bonds is 3. The van der Waals surface area contributed by atoms with E-state index in [0.717, 1.165) is 19.3 Å². The normalized spacial score (nSPS) is 20.7. The lowest BCUT2D eigenvalue weighted by Crippen LogP contribution is -2.67. The molecule has 1 aromatic carbocycles. The molecule has 0 bridgehead atoms. The molecular weight excluding hydrogens is 274 g/mol. The van der Waals surface area contributed by atoms with E-state index in [1.807, 2.05) is 23.1 Å². The molecule has 3 N–H and O–H groups in total. The molecule has 22 heavy (non-hydrogen) atoms. The lowest BCUT2D eigenvalue weighted by molar-refractivity contribution is 0.00325. The van der Waals surface area contributed by atoms with Crippen LogP contribution >= 0.6 is 0 Å². The SMILES string of the molecule is CC1(C)CC(N)CC(C)(C)N1C(=O)NCCc1ccccc1. The summed E-state index contributed by atoms with van der Waals surface area (Å²) < 4.78 is 0. The lowest BCUT2D eigenvalue weighted by Gasteiger charge is -2.54. The third-order valence-electron chi connectivity index (χ3n) is 4.47. The summed E-state index contributed by atoms with van der Waals surface area (Å²) in [6, 6.07) is 10.4. The van der Waals surface area contributed by atoms with Crippen molar-refractivity contribution in [2.75, 3.05) is 6.54 Å². The highest BCUT2D eigenvalue weighted by Crippen LogP contribution is 2.37. The molecule has 0 aliphatic carbocycles. The highest BCUT2D eigenvalue weighted by Gasteiger charge is 2.46. The molecule has 4 heteroatoms. The molecule has 1 aliphatic rings. The van der Waals surface area contributed by atoms with Crippen LogP contribution in [0, 0.1) is 0 Å². The fourth-order valence-electron chi connectivity index (χ4n) is 3.94. The van der Waals surface area contributed by atoms with Crippen LogP contribution in [0.5, 0.6) is 0 Å². The molecule has 0 spiro atoms. The smallest absolute Gasteiger partial charge is 0.318 e. The Hall–Kier alpha value is -1.55. The Kier molecular flexibility index (Phi) is 4.81. The van der Waals surface area contributed by atoms with Crippen molar-refractivity contribution >= 4 is 6.03 Å². The minimum atomic E-state index is -0.224. The van der Waals surface area contributed by atoms with Gasteiger partial charge in [0.15, 0.2) is 0 Å². The molecule has 1 saturated heterocycles. The number of benzene rings is 1. The maximum Gasteiger partial charge on any atom is 0.318 e. The van der Waals surface area contributed by atoms with E-state index in [1.165, 1.54) is 5.56 Å². The van der Waals surface area contributed by atoms with Gasteiger partial charge in [0.1, 0.15) is 0 Å². The van der Waals surface area contributed by atoms with Gasteiger partial charge in [0.2, 0.25) is 0 Å². The molecule has 2 amide bonds. The van der Waals surface area contributed by atoms with Crippen molar-refractivity contribution in [1.29, 1.82) is 0 Å². The predicted octanol–water partition coefficient (Wildman–Crippen LogP) is 2.92. The first-order valence-corrected chi connectivity index (χ1v) is 8.10. The molecule has 0 unspecified atom stereocenters. The van der Waals surface area contributed by atoms with E-state index in [9.17, 15) is 4.79 Å². The number of nitrogens with two attached hydrogens (primary N) is 1. The van der Waals surface area contributed by atoms with Gasteiger partial charge in [0.25, 0.3) is 0 Å². The molecule has 0 radical (unpaired) electrons. The second-order valence-electron chi connectivity index (χ2n) is 7.60. The zero-order valence-corrected chi connectivity index (χ0v) is 14.2. The van der Waals surface area contributed by atoms with Crippen LogP contribution in [0.4, 0.5) is 4.79 Å². The van der Waals surface area contributed by atoms with E-state index < -0.39 is 0 Å². The fourth-order valence-corrected chi connectivity index (χ4v) is 3.94. The van der Waals surface area contributed by atoms with Gasteiger partial charge in [-0.05, 0) is 52.5 Å². The molecule has 4 nitrogen and oxygen atoms in total. The van der Waals surface area contributed by atoms with Crippen LogP contribution < -0.4 is 11.1 Å². The number of likely N-dealkylation sites (tertiary alicyclic amines) is 1. The van der Waals surface area contributed by atoms with Crippen molar-refractivity contribution in [3.63, 3.8) is 0 Å². The van der Waals surface area contributed by atoms with Gasteiger partial charge in [-0.15, -0.1) is 0 Å². The molecule has 0 saturated carbocycles. The van der Waals surface area contributed by atoms with E-state index in [-0.39, 0.29) is 23.2 Å². The Morgan fingerprint density at radius 3 is 2.27 bits per heavy atom. The second kappa shape index (κ2) is 6.29. The van der Waals surface area contributed by atoms with Crippen LogP contribution in [0.15, 0.2) is 30.3 Å². The van der Waals surface area contributed by atoms with Crippen molar-refractivity contribution in [3.05, 3.63) is 35.9 Å². The van der Waals surface area contributed by atoms with Gasteiger partial charge in [-0.25, -0.2) is 4.79 Å². The largest absolute Gasteiger partial charge is 0.338 e. The molecule has 122 valence electrons. The van der Waals surface area contributed by atoms with Crippen LogP contribution in [0.25, 0.3) is 0 Å². The average Bonchev–Trinajstić information content (AvgIpc) is 2.36. The number of nitrogens with zero attached hydrogens (tertiary/aromatic N) is 1. The van der Waals surface area contributed by atoms with E-state index in [0.29, 0.717) is 6.54 Å². The maximum atomic E-state index is 12.7. The highest BCUT2D eigenvalue weighted by atomic mass is 16.2. The summed E-state index contributed by atoms with van der Waals surface area (Å²) in [7, 11) is 0. The second-order valence-corrected chi connectivity index (χ2v) is 7.60. The number of carbonyl (C=O) groups excluding carboxylic acids is 1. The van der Waals surface area contributed by atoms with Crippen LogP contribution in [0.2, 0.25) is 0 Å². The summed E-state index contributed by atoms with van der Waals surface area (Å²) in [5.41, 5.74) is 6.96. The molecule has 0 atom stereocenters. The molecule has 0 aromatic heterocycles. The van der Waals surface area contributed by atoms with Gasteiger partial charge < -0.3 is 16.0 Å². The molecule has 1 aliphatic heterocycles. The minimum absolute atomic E-state index is 0.0119. The standard InChI is InChI=1S/C18H29N3O/c1-17(2)12-15(19)13-18(3,4)21(17)16(22)20-11-10-14-8-6-5-7-9-14/h5-9,15H,10-13,19H2,1-4H3,(H,20,22).